The molecule has 0 bridgehead atoms. The van der Waals surface area contributed by atoms with Crippen molar-refractivity contribution in [2.45, 2.75) is 39.4 Å². The number of hydrogen-bond donors (Lipinski definition) is 1. The third-order valence-electron chi connectivity index (χ3n) is 3.84. The molecule has 1 aliphatic rings. The van der Waals surface area contributed by atoms with Crippen LogP contribution in [0.5, 0.6) is 0 Å². The Balaban J connectivity index is 1.89. The summed E-state index contributed by atoms with van der Waals surface area (Å²) < 4.78 is 10.8. The van der Waals surface area contributed by atoms with Gasteiger partial charge in [0.2, 0.25) is 0 Å². The average molecular weight is 362 g/mol. The van der Waals surface area contributed by atoms with Crippen LogP contribution >= 0.6 is 0 Å². The molecule has 0 unspecified atom stereocenters. The number of nitrogens with zero attached hydrogens (tertiary/aromatic N) is 1. The predicted octanol–water partition coefficient (Wildman–Crippen LogP) is 2.25. The zero-order valence-electron chi connectivity index (χ0n) is 15.7. The summed E-state index contributed by atoms with van der Waals surface area (Å²) in [5.41, 5.74) is 0.532. The first-order chi connectivity index (χ1) is 12.2. The number of rotatable bonds is 4. The smallest absolute Gasteiger partial charge is 0.407 e. The minimum atomic E-state index is -0.564. The van der Waals surface area contributed by atoms with Gasteiger partial charge in [0.15, 0.2) is 5.78 Å². The second-order valence-electron chi connectivity index (χ2n) is 7.26. The van der Waals surface area contributed by atoms with E-state index in [4.69, 9.17) is 9.47 Å². The number of ketones is 1. The zero-order valence-corrected chi connectivity index (χ0v) is 15.7. The number of carbonyl (C=O) groups excluding carboxylic acids is 3. The van der Waals surface area contributed by atoms with E-state index in [0.717, 1.165) is 0 Å². The van der Waals surface area contributed by atoms with Gasteiger partial charge in [0.1, 0.15) is 5.60 Å². The maximum absolute atomic E-state index is 12.6. The molecule has 1 aliphatic heterocycles. The zero-order chi connectivity index (χ0) is 19.3. The molecular formula is C19H26N2O5. The van der Waals surface area contributed by atoms with Gasteiger partial charge in [0, 0.05) is 30.8 Å². The van der Waals surface area contributed by atoms with Crippen LogP contribution in [0.1, 0.15) is 48.4 Å². The topological polar surface area (TPSA) is 84.9 Å². The molecule has 0 radical (unpaired) electrons. The molecule has 1 fully saturated rings. The minimum Gasteiger partial charge on any atom is -0.444 e. The van der Waals surface area contributed by atoms with E-state index in [9.17, 15) is 14.4 Å². The average Bonchev–Trinajstić information content (AvgIpc) is 2.58. The number of amides is 2. The molecule has 0 saturated carbocycles. The highest BCUT2D eigenvalue weighted by Crippen LogP contribution is 2.13. The van der Waals surface area contributed by atoms with Crippen molar-refractivity contribution in [2.75, 3.05) is 26.2 Å². The number of Topliss-reactive ketones (excluding diaryl/α,β-unsaturated/α-hetero) is 1. The van der Waals surface area contributed by atoms with Crippen LogP contribution in [0.4, 0.5) is 4.79 Å². The predicted molar refractivity (Wildman–Crippen MR) is 96.3 cm³/mol. The molecule has 26 heavy (non-hydrogen) atoms. The van der Waals surface area contributed by atoms with E-state index in [1.807, 2.05) is 0 Å². The van der Waals surface area contributed by atoms with Gasteiger partial charge < -0.3 is 19.7 Å². The van der Waals surface area contributed by atoms with Gasteiger partial charge in [-0.3, -0.25) is 9.59 Å². The molecule has 1 aromatic rings. The molecule has 2 amide bonds. The van der Waals surface area contributed by atoms with E-state index < -0.39 is 11.7 Å². The van der Waals surface area contributed by atoms with Crippen molar-refractivity contribution in [2.24, 2.45) is 0 Å². The minimum absolute atomic E-state index is 0.0383. The standard InChI is InChI=1S/C19H26N2O5/c1-13(22)14-5-7-15(8-6-14)17(23)21-9-10-25-16(12-21)11-20-18(24)26-19(2,3)4/h5-8,16H,9-12H2,1-4H3,(H,20,24)/t16-/m1/s1. The number of carbonyl (C=O) groups is 3. The summed E-state index contributed by atoms with van der Waals surface area (Å²) in [7, 11) is 0. The van der Waals surface area contributed by atoms with Crippen LogP contribution in [0, 0.1) is 0 Å². The summed E-state index contributed by atoms with van der Waals surface area (Å²) >= 11 is 0. The summed E-state index contributed by atoms with van der Waals surface area (Å²) in [6, 6.07) is 6.61. The van der Waals surface area contributed by atoms with Crippen molar-refractivity contribution in [1.82, 2.24) is 10.2 Å². The number of hydrogen-bond acceptors (Lipinski definition) is 5. The van der Waals surface area contributed by atoms with Crippen LogP contribution in [0.3, 0.4) is 0 Å². The molecular weight excluding hydrogens is 336 g/mol. The molecule has 0 aromatic heterocycles. The number of ether oxygens (including phenoxy) is 2. The molecule has 142 valence electrons. The largest absolute Gasteiger partial charge is 0.444 e. The molecule has 7 heteroatoms. The van der Waals surface area contributed by atoms with Crippen LogP contribution in [-0.4, -0.2) is 60.6 Å². The lowest BCUT2D eigenvalue weighted by Gasteiger charge is -2.33. The molecule has 1 aromatic carbocycles. The fourth-order valence-corrected chi connectivity index (χ4v) is 2.57. The van der Waals surface area contributed by atoms with Crippen LogP contribution in [0.25, 0.3) is 0 Å². The highest BCUT2D eigenvalue weighted by atomic mass is 16.6. The van der Waals surface area contributed by atoms with E-state index in [1.165, 1.54) is 6.92 Å². The number of nitrogens with one attached hydrogen (secondary N) is 1. The molecule has 7 nitrogen and oxygen atoms in total. The number of morpholine rings is 1. The van der Waals surface area contributed by atoms with Crippen molar-refractivity contribution in [1.29, 1.82) is 0 Å². The Labute approximate surface area is 153 Å². The molecule has 1 N–H and O–H groups in total. The van der Waals surface area contributed by atoms with E-state index in [2.05, 4.69) is 5.32 Å². The van der Waals surface area contributed by atoms with Gasteiger partial charge in [-0.25, -0.2) is 4.79 Å². The lowest BCUT2D eigenvalue weighted by molar-refractivity contribution is -0.0218. The van der Waals surface area contributed by atoms with Crippen LogP contribution in [0.2, 0.25) is 0 Å². The maximum atomic E-state index is 12.6. The Morgan fingerprint density at radius 2 is 1.81 bits per heavy atom. The lowest BCUT2D eigenvalue weighted by Crippen LogP contribution is -2.50. The van der Waals surface area contributed by atoms with Gasteiger partial charge >= 0.3 is 6.09 Å². The van der Waals surface area contributed by atoms with Crippen molar-refractivity contribution in [3.05, 3.63) is 35.4 Å². The maximum Gasteiger partial charge on any atom is 0.407 e. The van der Waals surface area contributed by atoms with Gasteiger partial charge in [-0.1, -0.05) is 12.1 Å². The molecule has 1 atom stereocenters. The summed E-state index contributed by atoms with van der Waals surface area (Å²) in [6.07, 6.45) is -0.805. The van der Waals surface area contributed by atoms with Gasteiger partial charge in [-0.15, -0.1) is 0 Å². The Bertz CT molecular complexity index is 664. The second kappa shape index (κ2) is 8.31. The highest BCUT2D eigenvalue weighted by Gasteiger charge is 2.26. The summed E-state index contributed by atoms with van der Waals surface area (Å²) in [4.78, 5) is 37.4. The molecule has 1 heterocycles. The lowest BCUT2D eigenvalue weighted by atomic mass is 10.1. The Hall–Kier alpha value is -2.41. The monoisotopic (exact) mass is 362 g/mol. The van der Waals surface area contributed by atoms with Gasteiger partial charge in [0.25, 0.3) is 5.91 Å². The van der Waals surface area contributed by atoms with Gasteiger partial charge in [0.05, 0.1) is 12.7 Å². The normalized spacial score (nSPS) is 17.5. The van der Waals surface area contributed by atoms with Crippen molar-refractivity contribution in [3.8, 4) is 0 Å². The van der Waals surface area contributed by atoms with E-state index in [1.54, 1.807) is 49.9 Å². The van der Waals surface area contributed by atoms with Crippen LogP contribution in [0.15, 0.2) is 24.3 Å². The first kappa shape index (κ1) is 19.9. The third-order valence-corrected chi connectivity index (χ3v) is 3.84. The Morgan fingerprint density at radius 1 is 1.19 bits per heavy atom. The van der Waals surface area contributed by atoms with E-state index in [0.29, 0.717) is 30.8 Å². The third kappa shape index (κ3) is 5.84. The first-order valence-corrected chi connectivity index (χ1v) is 8.64. The van der Waals surface area contributed by atoms with Gasteiger partial charge in [-0.2, -0.15) is 0 Å². The SMILES string of the molecule is CC(=O)c1ccc(C(=O)N2CCO[C@H](CNC(=O)OC(C)(C)C)C2)cc1. The molecule has 1 saturated heterocycles. The summed E-state index contributed by atoms with van der Waals surface area (Å²) in [6.45, 7) is 8.39. The summed E-state index contributed by atoms with van der Waals surface area (Å²) in [5, 5.41) is 2.67. The van der Waals surface area contributed by atoms with E-state index >= 15 is 0 Å². The molecule has 0 aliphatic carbocycles. The molecule has 0 spiro atoms. The van der Waals surface area contributed by atoms with Gasteiger partial charge in [-0.05, 0) is 39.8 Å². The first-order valence-electron chi connectivity index (χ1n) is 8.64. The van der Waals surface area contributed by atoms with Crippen molar-refractivity contribution >= 4 is 17.8 Å². The fourth-order valence-electron chi connectivity index (χ4n) is 2.57. The highest BCUT2D eigenvalue weighted by molar-refractivity contribution is 5.97. The quantitative estimate of drug-likeness (QED) is 0.831. The number of alkyl carbamates (subject to hydrolysis) is 1. The summed E-state index contributed by atoms with van der Waals surface area (Å²) in [5.74, 6) is -0.158. The number of benzene rings is 1. The Kier molecular flexibility index (Phi) is 6.37. The Morgan fingerprint density at radius 3 is 2.38 bits per heavy atom. The van der Waals surface area contributed by atoms with Crippen molar-refractivity contribution in [3.63, 3.8) is 0 Å². The fraction of sp³-hybridized carbons (Fsp3) is 0.526. The van der Waals surface area contributed by atoms with E-state index in [-0.39, 0.29) is 24.3 Å². The second-order valence-corrected chi connectivity index (χ2v) is 7.26. The van der Waals surface area contributed by atoms with Crippen LogP contribution in [-0.2, 0) is 9.47 Å². The molecule has 2 rings (SSSR count). The van der Waals surface area contributed by atoms with Crippen LogP contribution < -0.4 is 5.32 Å². The van der Waals surface area contributed by atoms with Crippen molar-refractivity contribution < 1.29 is 23.9 Å².